The van der Waals surface area contributed by atoms with Gasteiger partial charge in [0, 0.05) is 12.4 Å². The molecule has 1 aliphatic rings. The van der Waals surface area contributed by atoms with E-state index in [1.54, 1.807) is 46.0 Å². The highest BCUT2D eigenvalue weighted by Crippen LogP contribution is 2.44. The minimum Gasteiger partial charge on any atom is -0.503 e. The van der Waals surface area contributed by atoms with E-state index in [9.17, 15) is 19.5 Å². The summed E-state index contributed by atoms with van der Waals surface area (Å²) in [7, 11) is 0. The maximum Gasteiger partial charge on any atom is 0.350 e. The summed E-state index contributed by atoms with van der Waals surface area (Å²) in [6, 6.07) is 2.41. The van der Waals surface area contributed by atoms with Gasteiger partial charge in [-0.05, 0) is 39.3 Å². The molecular formula is C22H20N4O5S2. The van der Waals surface area contributed by atoms with E-state index in [1.165, 1.54) is 22.4 Å². The molecule has 4 heterocycles. The molecule has 0 radical (unpaired) electrons. The standard InChI is InChI=1S/C22H20N4O5S2/c1-5-31-21(30)19-11(3)25-22(33-19)26-15(13-7-6-8-23-9-13)14(17(28)20(26)29)16(27)18-10(2)24-12(4)32-18/h6-9,15,28H,5H2,1-4H3. The Morgan fingerprint density at radius 1 is 1.15 bits per heavy atom. The van der Waals surface area contributed by atoms with Gasteiger partial charge in [-0.25, -0.2) is 14.8 Å². The first kappa shape index (κ1) is 22.7. The van der Waals surface area contributed by atoms with Gasteiger partial charge in [0.2, 0.25) is 5.78 Å². The summed E-state index contributed by atoms with van der Waals surface area (Å²) in [4.78, 5) is 53.7. The summed E-state index contributed by atoms with van der Waals surface area (Å²) in [5.74, 6) is -2.48. The maximum atomic E-state index is 13.5. The summed E-state index contributed by atoms with van der Waals surface area (Å²) in [6.45, 7) is 7.01. The SMILES string of the molecule is CCOC(=O)c1sc(N2C(=O)C(O)=C(C(=O)c3sc(C)nc3C)C2c2cccnc2)nc1C. The van der Waals surface area contributed by atoms with Gasteiger partial charge in [0.05, 0.1) is 39.5 Å². The fourth-order valence-corrected chi connectivity index (χ4v) is 5.48. The van der Waals surface area contributed by atoms with E-state index in [1.807, 2.05) is 0 Å². The van der Waals surface area contributed by atoms with Crippen molar-refractivity contribution < 1.29 is 24.2 Å². The van der Waals surface area contributed by atoms with Gasteiger partial charge in [-0.2, -0.15) is 0 Å². The molecule has 3 aromatic rings. The number of thiazole rings is 2. The van der Waals surface area contributed by atoms with Gasteiger partial charge in [-0.1, -0.05) is 17.4 Å². The van der Waals surface area contributed by atoms with Crippen LogP contribution < -0.4 is 4.90 Å². The molecule has 0 saturated heterocycles. The molecule has 3 aromatic heterocycles. The number of pyridine rings is 1. The second-order valence-corrected chi connectivity index (χ2v) is 9.42. The van der Waals surface area contributed by atoms with Crippen molar-refractivity contribution in [1.82, 2.24) is 15.0 Å². The highest BCUT2D eigenvalue weighted by molar-refractivity contribution is 7.17. The predicted molar refractivity (Wildman–Crippen MR) is 123 cm³/mol. The van der Waals surface area contributed by atoms with Gasteiger partial charge in [-0.15, -0.1) is 11.3 Å². The molecule has 1 atom stereocenters. The van der Waals surface area contributed by atoms with Crippen LogP contribution in [0.3, 0.4) is 0 Å². The average Bonchev–Trinajstić information content (AvgIpc) is 3.41. The lowest BCUT2D eigenvalue weighted by Gasteiger charge is -2.24. The summed E-state index contributed by atoms with van der Waals surface area (Å²) in [5, 5.41) is 11.7. The molecule has 4 rings (SSSR count). The molecule has 1 amide bonds. The molecule has 11 heteroatoms. The van der Waals surface area contributed by atoms with Crippen LogP contribution in [0.25, 0.3) is 0 Å². The molecule has 0 saturated carbocycles. The minimum atomic E-state index is -0.971. The molecule has 0 bridgehead atoms. The Labute approximate surface area is 197 Å². The molecule has 0 fully saturated rings. The molecule has 1 unspecified atom stereocenters. The van der Waals surface area contributed by atoms with Gasteiger partial charge < -0.3 is 9.84 Å². The predicted octanol–water partition coefficient (Wildman–Crippen LogP) is 3.88. The quantitative estimate of drug-likeness (QED) is 0.413. The maximum absolute atomic E-state index is 13.5. The Hall–Kier alpha value is -3.44. The first-order chi connectivity index (χ1) is 15.7. The Bertz CT molecular complexity index is 1300. The van der Waals surface area contributed by atoms with Gasteiger partial charge in [0.1, 0.15) is 4.88 Å². The number of ether oxygens (including phenoxy) is 1. The number of rotatable bonds is 6. The molecule has 1 aliphatic heterocycles. The number of carbonyl (C=O) groups excluding carboxylic acids is 3. The fourth-order valence-electron chi connectivity index (χ4n) is 3.62. The number of nitrogens with zero attached hydrogens (tertiary/aromatic N) is 4. The Morgan fingerprint density at radius 3 is 2.48 bits per heavy atom. The second kappa shape index (κ2) is 8.83. The van der Waals surface area contributed by atoms with Gasteiger partial charge in [0.15, 0.2) is 10.9 Å². The van der Waals surface area contributed by atoms with Crippen LogP contribution in [0.1, 0.15) is 54.3 Å². The summed E-state index contributed by atoms with van der Waals surface area (Å²) >= 11 is 2.16. The molecule has 9 nitrogen and oxygen atoms in total. The number of aliphatic hydroxyl groups is 1. The van der Waals surface area contributed by atoms with E-state index in [2.05, 4.69) is 15.0 Å². The van der Waals surface area contributed by atoms with Gasteiger partial charge in [0.25, 0.3) is 5.91 Å². The topological polar surface area (TPSA) is 123 Å². The van der Waals surface area contributed by atoms with E-state index in [0.29, 0.717) is 26.8 Å². The van der Waals surface area contributed by atoms with Crippen molar-refractivity contribution in [2.45, 2.75) is 33.7 Å². The van der Waals surface area contributed by atoms with Crippen molar-refractivity contribution in [2.24, 2.45) is 0 Å². The number of ketones is 1. The number of aryl methyl sites for hydroxylation is 3. The smallest absolute Gasteiger partial charge is 0.350 e. The number of aromatic nitrogens is 3. The fraction of sp³-hybridized carbons (Fsp3) is 0.273. The third kappa shape index (κ3) is 3.93. The molecular weight excluding hydrogens is 464 g/mol. The molecule has 1 N–H and O–H groups in total. The van der Waals surface area contributed by atoms with Crippen molar-refractivity contribution in [1.29, 1.82) is 0 Å². The molecule has 33 heavy (non-hydrogen) atoms. The first-order valence-corrected chi connectivity index (χ1v) is 11.7. The average molecular weight is 485 g/mol. The van der Waals surface area contributed by atoms with Crippen LogP contribution in [0.5, 0.6) is 0 Å². The number of carbonyl (C=O) groups is 3. The highest BCUT2D eigenvalue weighted by atomic mass is 32.1. The van der Waals surface area contributed by atoms with Crippen molar-refractivity contribution in [2.75, 3.05) is 11.5 Å². The normalized spacial score (nSPS) is 15.9. The Morgan fingerprint density at radius 2 is 1.88 bits per heavy atom. The third-order valence-corrected chi connectivity index (χ3v) is 7.22. The van der Waals surface area contributed by atoms with Crippen LogP contribution in [0, 0.1) is 20.8 Å². The number of esters is 1. The summed E-state index contributed by atoms with van der Waals surface area (Å²) < 4.78 is 5.08. The first-order valence-electron chi connectivity index (χ1n) is 10.0. The zero-order valence-corrected chi connectivity index (χ0v) is 19.9. The minimum absolute atomic E-state index is 0.0784. The Kier molecular flexibility index (Phi) is 6.09. The zero-order chi connectivity index (χ0) is 23.9. The number of aliphatic hydroxyl groups excluding tert-OH is 1. The van der Waals surface area contributed by atoms with Crippen LogP contribution in [0.4, 0.5) is 5.13 Å². The van der Waals surface area contributed by atoms with E-state index in [0.717, 1.165) is 11.3 Å². The monoisotopic (exact) mass is 484 g/mol. The van der Waals surface area contributed by atoms with Crippen LogP contribution in [0.2, 0.25) is 0 Å². The van der Waals surface area contributed by atoms with E-state index < -0.39 is 29.5 Å². The molecule has 0 spiro atoms. The van der Waals surface area contributed by atoms with Gasteiger partial charge in [-0.3, -0.25) is 19.5 Å². The Balaban J connectivity index is 1.85. The molecule has 0 aliphatic carbocycles. The lowest BCUT2D eigenvalue weighted by atomic mass is 9.96. The second-order valence-electron chi connectivity index (χ2n) is 7.23. The summed E-state index contributed by atoms with van der Waals surface area (Å²) in [5.41, 5.74) is 1.35. The van der Waals surface area contributed by atoms with Gasteiger partial charge >= 0.3 is 5.97 Å². The van der Waals surface area contributed by atoms with Crippen LogP contribution in [0.15, 0.2) is 35.9 Å². The highest BCUT2D eigenvalue weighted by Gasteiger charge is 2.47. The number of hydrogen-bond donors (Lipinski definition) is 1. The van der Waals surface area contributed by atoms with E-state index in [-0.39, 0.29) is 22.2 Å². The van der Waals surface area contributed by atoms with Crippen molar-refractivity contribution in [3.63, 3.8) is 0 Å². The van der Waals surface area contributed by atoms with Crippen molar-refractivity contribution in [3.05, 3.63) is 67.6 Å². The number of anilines is 1. The lowest BCUT2D eigenvalue weighted by molar-refractivity contribution is -0.117. The summed E-state index contributed by atoms with van der Waals surface area (Å²) in [6.07, 6.45) is 3.09. The number of amides is 1. The number of Topliss-reactive ketones (excluding diaryl/α,β-unsaturated/α-hetero) is 1. The van der Waals surface area contributed by atoms with E-state index in [4.69, 9.17) is 4.74 Å². The third-order valence-electron chi connectivity index (χ3n) is 5.01. The van der Waals surface area contributed by atoms with Crippen molar-refractivity contribution >= 4 is 45.5 Å². The molecule has 170 valence electrons. The lowest BCUT2D eigenvalue weighted by Crippen LogP contribution is -2.31. The zero-order valence-electron chi connectivity index (χ0n) is 18.3. The van der Waals surface area contributed by atoms with E-state index >= 15 is 0 Å². The van der Waals surface area contributed by atoms with Crippen LogP contribution >= 0.6 is 22.7 Å². The van der Waals surface area contributed by atoms with Crippen LogP contribution in [-0.2, 0) is 9.53 Å². The number of hydrogen-bond acceptors (Lipinski definition) is 10. The molecule has 0 aromatic carbocycles. The van der Waals surface area contributed by atoms with Crippen molar-refractivity contribution in [3.8, 4) is 0 Å². The largest absolute Gasteiger partial charge is 0.503 e. The van der Waals surface area contributed by atoms with Crippen LogP contribution in [-0.4, -0.2) is 44.3 Å².